The second-order valence-electron chi connectivity index (χ2n) is 4.77. The van der Waals surface area contributed by atoms with Crippen LogP contribution in [0.25, 0.3) is 0 Å². The van der Waals surface area contributed by atoms with Gasteiger partial charge in [0, 0.05) is 10.5 Å². The lowest BCUT2D eigenvalue weighted by molar-refractivity contribution is -0.386. The predicted molar refractivity (Wildman–Crippen MR) is 93.1 cm³/mol. The number of benzene rings is 2. The van der Waals surface area contributed by atoms with E-state index in [1.807, 2.05) is 24.3 Å². The van der Waals surface area contributed by atoms with Gasteiger partial charge in [-0.3, -0.25) is 14.9 Å². The molecule has 8 heteroatoms. The number of carbonyl (C=O) groups is 1. The molecule has 2 rings (SSSR count). The maximum atomic E-state index is 11.9. The number of hydrogen-bond donors (Lipinski definition) is 1. The van der Waals surface area contributed by atoms with E-state index in [9.17, 15) is 14.9 Å². The van der Waals surface area contributed by atoms with Gasteiger partial charge in [-0.1, -0.05) is 40.2 Å². The number of hydrazone groups is 1. The first kappa shape index (κ1) is 17.6. The number of nitrogens with one attached hydrogen (secondary N) is 1. The zero-order valence-electron chi connectivity index (χ0n) is 12.7. The Morgan fingerprint density at radius 1 is 1.29 bits per heavy atom. The zero-order valence-corrected chi connectivity index (χ0v) is 14.3. The fraction of sp³-hybridized carbons (Fsp3) is 0.125. The lowest BCUT2D eigenvalue weighted by Gasteiger charge is -2.12. The summed E-state index contributed by atoms with van der Waals surface area (Å²) in [6, 6.07) is 13.2. The van der Waals surface area contributed by atoms with E-state index in [4.69, 9.17) is 4.74 Å². The van der Waals surface area contributed by atoms with Gasteiger partial charge in [0.1, 0.15) is 0 Å². The second kappa shape index (κ2) is 8.21. The largest absolute Gasteiger partial charge is 0.474 e. The summed E-state index contributed by atoms with van der Waals surface area (Å²) >= 11 is 3.32. The van der Waals surface area contributed by atoms with Gasteiger partial charge in [0.25, 0.3) is 5.91 Å². The third-order valence-electron chi connectivity index (χ3n) is 2.99. The Balaban J connectivity index is 1.95. The number of nitro benzene ring substituents is 1. The lowest BCUT2D eigenvalue weighted by Crippen LogP contribution is -2.33. The summed E-state index contributed by atoms with van der Waals surface area (Å²) in [6.45, 7) is 1.49. The van der Waals surface area contributed by atoms with E-state index >= 15 is 0 Å². The molecule has 0 aromatic heterocycles. The number of nitrogens with zero attached hydrogens (tertiary/aromatic N) is 2. The van der Waals surface area contributed by atoms with Gasteiger partial charge in [0.2, 0.25) is 0 Å². The summed E-state index contributed by atoms with van der Waals surface area (Å²) in [6.07, 6.45) is 0.551. The fourth-order valence-corrected chi connectivity index (χ4v) is 2.03. The van der Waals surface area contributed by atoms with Gasteiger partial charge in [0.15, 0.2) is 11.9 Å². The van der Waals surface area contributed by atoms with Crippen LogP contribution in [0, 0.1) is 10.1 Å². The molecule has 2 aromatic rings. The topological polar surface area (TPSA) is 93.8 Å². The van der Waals surface area contributed by atoms with Crippen molar-refractivity contribution < 1.29 is 14.5 Å². The highest BCUT2D eigenvalue weighted by atomic mass is 79.9. The van der Waals surface area contributed by atoms with Crippen LogP contribution >= 0.6 is 15.9 Å². The second-order valence-corrected chi connectivity index (χ2v) is 5.69. The highest BCUT2D eigenvalue weighted by Gasteiger charge is 2.20. The predicted octanol–water partition coefficient (Wildman–Crippen LogP) is 3.27. The van der Waals surface area contributed by atoms with Crippen molar-refractivity contribution in [1.29, 1.82) is 0 Å². The quantitative estimate of drug-likeness (QED) is 0.464. The maximum absolute atomic E-state index is 11.9. The number of amides is 1. The van der Waals surface area contributed by atoms with Gasteiger partial charge >= 0.3 is 5.69 Å². The molecule has 0 fully saturated rings. The molecule has 0 aliphatic rings. The van der Waals surface area contributed by atoms with Crippen molar-refractivity contribution in [2.24, 2.45) is 5.10 Å². The number of para-hydroxylation sites is 2. The van der Waals surface area contributed by atoms with Gasteiger partial charge in [-0.25, -0.2) is 5.43 Å². The van der Waals surface area contributed by atoms with E-state index in [-0.39, 0.29) is 11.4 Å². The summed E-state index contributed by atoms with van der Waals surface area (Å²) in [5.74, 6) is -0.483. The third kappa shape index (κ3) is 4.88. The van der Waals surface area contributed by atoms with E-state index in [0.29, 0.717) is 0 Å². The first-order chi connectivity index (χ1) is 11.5. The molecule has 24 heavy (non-hydrogen) atoms. The summed E-state index contributed by atoms with van der Waals surface area (Å²) < 4.78 is 6.29. The SMILES string of the molecule is CC(Oc1ccccc1[N+](=O)[O-])C(=O)N/N=C/c1ccc(Br)cc1. The molecular formula is C16H14BrN3O4. The molecule has 2 aromatic carbocycles. The molecule has 1 atom stereocenters. The molecule has 0 saturated heterocycles. The van der Waals surface area contributed by atoms with Gasteiger partial charge in [-0.2, -0.15) is 5.10 Å². The van der Waals surface area contributed by atoms with Crippen LogP contribution in [-0.4, -0.2) is 23.1 Å². The molecule has 124 valence electrons. The van der Waals surface area contributed by atoms with Gasteiger partial charge < -0.3 is 4.74 Å². The van der Waals surface area contributed by atoms with Gasteiger partial charge in [0.05, 0.1) is 11.1 Å². The molecular weight excluding hydrogens is 378 g/mol. The number of halogens is 1. The van der Waals surface area contributed by atoms with Crippen LogP contribution in [-0.2, 0) is 4.79 Å². The number of rotatable bonds is 6. The maximum Gasteiger partial charge on any atom is 0.310 e. The third-order valence-corrected chi connectivity index (χ3v) is 3.52. The molecule has 0 aliphatic heterocycles. The molecule has 0 spiro atoms. The Morgan fingerprint density at radius 2 is 1.96 bits per heavy atom. The molecule has 0 radical (unpaired) electrons. The van der Waals surface area contributed by atoms with Crippen molar-refractivity contribution in [1.82, 2.24) is 5.43 Å². The molecule has 7 nitrogen and oxygen atoms in total. The smallest absolute Gasteiger partial charge is 0.310 e. The summed E-state index contributed by atoms with van der Waals surface area (Å²) in [5, 5.41) is 14.8. The minimum absolute atomic E-state index is 0.0297. The van der Waals surface area contributed by atoms with Crippen LogP contribution < -0.4 is 10.2 Å². The average molecular weight is 392 g/mol. The van der Waals surface area contributed by atoms with Gasteiger partial charge in [-0.15, -0.1) is 0 Å². The molecule has 1 amide bonds. The number of hydrogen-bond acceptors (Lipinski definition) is 5. The Hall–Kier alpha value is -2.74. The average Bonchev–Trinajstić information content (AvgIpc) is 2.56. The van der Waals surface area contributed by atoms with Crippen molar-refractivity contribution in [3.8, 4) is 5.75 Å². The highest BCUT2D eigenvalue weighted by molar-refractivity contribution is 9.10. The standard InChI is InChI=1S/C16H14BrN3O4/c1-11(24-15-5-3-2-4-14(15)20(22)23)16(21)19-18-10-12-6-8-13(17)9-7-12/h2-11H,1H3,(H,19,21)/b18-10+. The minimum Gasteiger partial charge on any atom is -0.474 e. The molecule has 0 bridgehead atoms. The first-order valence-corrected chi connectivity index (χ1v) is 7.75. The van der Waals surface area contributed by atoms with Crippen molar-refractivity contribution in [2.45, 2.75) is 13.0 Å². The molecule has 0 heterocycles. The monoisotopic (exact) mass is 391 g/mol. The first-order valence-electron chi connectivity index (χ1n) is 6.96. The van der Waals surface area contributed by atoms with Crippen LogP contribution in [0.2, 0.25) is 0 Å². The van der Waals surface area contributed by atoms with Gasteiger partial charge in [-0.05, 0) is 30.7 Å². The van der Waals surface area contributed by atoms with E-state index in [1.54, 1.807) is 6.07 Å². The van der Waals surface area contributed by atoms with Crippen LogP contribution in [0.4, 0.5) is 5.69 Å². The minimum atomic E-state index is -0.937. The molecule has 0 saturated carbocycles. The number of ether oxygens (including phenoxy) is 1. The van der Waals surface area contributed by atoms with Crippen molar-refractivity contribution in [3.63, 3.8) is 0 Å². The van der Waals surface area contributed by atoms with Crippen molar-refractivity contribution in [3.05, 3.63) is 68.7 Å². The summed E-state index contributed by atoms with van der Waals surface area (Å²) in [7, 11) is 0. The summed E-state index contributed by atoms with van der Waals surface area (Å²) in [4.78, 5) is 22.3. The van der Waals surface area contributed by atoms with Crippen molar-refractivity contribution >= 4 is 33.7 Å². The zero-order chi connectivity index (χ0) is 17.5. The Labute approximate surface area is 146 Å². The molecule has 1 unspecified atom stereocenters. The number of carbonyl (C=O) groups excluding carboxylic acids is 1. The van der Waals surface area contributed by atoms with E-state index in [0.717, 1.165) is 10.0 Å². The van der Waals surface area contributed by atoms with Crippen LogP contribution in [0.15, 0.2) is 58.1 Å². The lowest BCUT2D eigenvalue weighted by atomic mass is 10.2. The Morgan fingerprint density at radius 3 is 2.62 bits per heavy atom. The van der Waals surface area contributed by atoms with E-state index in [2.05, 4.69) is 26.5 Å². The highest BCUT2D eigenvalue weighted by Crippen LogP contribution is 2.26. The summed E-state index contributed by atoms with van der Waals surface area (Å²) in [5.41, 5.74) is 2.95. The number of nitro groups is 1. The van der Waals surface area contributed by atoms with E-state index in [1.165, 1.54) is 31.3 Å². The Bertz CT molecular complexity index is 762. The fourth-order valence-electron chi connectivity index (χ4n) is 1.76. The molecule has 1 N–H and O–H groups in total. The van der Waals surface area contributed by atoms with Crippen LogP contribution in [0.3, 0.4) is 0 Å². The Kier molecular flexibility index (Phi) is 6.02. The van der Waals surface area contributed by atoms with E-state index < -0.39 is 16.9 Å². The normalized spacial score (nSPS) is 11.9. The molecule has 0 aliphatic carbocycles. The van der Waals surface area contributed by atoms with Crippen LogP contribution in [0.5, 0.6) is 5.75 Å². The van der Waals surface area contributed by atoms with Crippen molar-refractivity contribution in [2.75, 3.05) is 0 Å². The van der Waals surface area contributed by atoms with Crippen LogP contribution in [0.1, 0.15) is 12.5 Å².